The lowest BCUT2D eigenvalue weighted by molar-refractivity contribution is -0.125. The van der Waals surface area contributed by atoms with E-state index in [9.17, 15) is 14.4 Å². The smallest absolute Gasteiger partial charge is 0.288 e. The molecule has 26 heavy (non-hydrogen) atoms. The Balaban J connectivity index is 1.50. The minimum Gasteiger partial charge on any atom is -0.354 e. The van der Waals surface area contributed by atoms with Crippen LogP contribution in [-0.4, -0.2) is 61.3 Å². The van der Waals surface area contributed by atoms with Crippen molar-refractivity contribution >= 4 is 40.6 Å². The molecule has 1 fully saturated rings. The van der Waals surface area contributed by atoms with Crippen LogP contribution in [-0.2, 0) is 9.59 Å². The Morgan fingerprint density at radius 2 is 2.15 bits per heavy atom. The van der Waals surface area contributed by atoms with Crippen LogP contribution >= 0.6 is 23.5 Å². The van der Waals surface area contributed by atoms with Gasteiger partial charge in [-0.05, 0) is 18.6 Å². The van der Waals surface area contributed by atoms with Gasteiger partial charge in [0.15, 0.2) is 5.16 Å². The lowest BCUT2D eigenvalue weighted by Gasteiger charge is -2.13. The van der Waals surface area contributed by atoms with Gasteiger partial charge in [-0.2, -0.15) is 0 Å². The van der Waals surface area contributed by atoms with Crippen molar-refractivity contribution in [3.05, 3.63) is 36.2 Å². The second-order valence-electron chi connectivity index (χ2n) is 5.51. The summed E-state index contributed by atoms with van der Waals surface area (Å²) in [5.74, 6) is -0.0608. The van der Waals surface area contributed by atoms with Crippen molar-refractivity contribution in [1.29, 1.82) is 0 Å². The normalized spacial score (nSPS) is 14.1. The van der Waals surface area contributed by atoms with Crippen molar-refractivity contribution in [3.63, 3.8) is 0 Å². The highest BCUT2D eigenvalue weighted by molar-refractivity contribution is 8.14. The summed E-state index contributed by atoms with van der Waals surface area (Å²) in [7, 11) is 0. The highest BCUT2D eigenvalue weighted by Crippen LogP contribution is 2.21. The van der Waals surface area contributed by atoms with Gasteiger partial charge < -0.3 is 5.32 Å². The minimum atomic E-state index is -0.259. The van der Waals surface area contributed by atoms with Crippen molar-refractivity contribution in [2.75, 3.05) is 24.6 Å². The van der Waals surface area contributed by atoms with Crippen LogP contribution in [0.1, 0.15) is 5.56 Å². The molecule has 0 radical (unpaired) electrons. The van der Waals surface area contributed by atoms with E-state index in [4.69, 9.17) is 0 Å². The number of carbonyl (C=O) groups is 3. The van der Waals surface area contributed by atoms with Gasteiger partial charge in [-0.25, -0.2) is 0 Å². The van der Waals surface area contributed by atoms with E-state index in [0.29, 0.717) is 5.16 Å². The fourth-order valence-corrected chi connectivity index (χ4v) is 3.91. The molecule has 1 aliphatic heterocycles. The fraction of sp³-hybridized carbons (Fsp3) is 0.312. The molecule has 2 heterocycles. The number of carbonyl (C=O) groups excluding carboxylic acids is 3. The number of amides is 3. The molecule has 1 N–H and O–H groups in total. The number of aromatic nitrogens is 3. The number of nitrogens with zero attached hydrogens (tertiary/aromatic N) is 4. The zero-order valence-electron chi connectivity index (χ0n) is 14.0. The van der Waals surface area contributed by atoms with Crippen molar-refractivity contribution in [1.82, 2.24) is 25.0 Å². The standard InChI is InChI=1S/C16H17N5O3S2/c1-11-4-2-3-5-12(11)21-10-18-19-15(21)25-8-13(22)17-6-7-20-14(23)9-26-16(20)24/h2-5,10H,6-9H2,1H3,(H,17,22). The summed E-state index contributed by atoms with van der Waals surface area (Å²) in [6.45, 7) is 2.43. The fourth-order valence-electron chi connectivity index (χ4n) is 2.41. The van der Waals surface area contributed by atoms with Crippen molar-refractivity contribution in [3.8, 4) is 5.69 Å². The molecule has 1 aromatic carbocycles. The Morgan fingerprint density at radius 1 is 1.35 bits per heavy atom. The predicted molar refractivity (Wildman–Crippen MR) is 99.4 cm³/mol. The zero-order valence-corrected chi connectivity index (χ0v) is 15.7. The average Bonchev–Trinajstić information content (AvgIpc) is 3.21. The third kappa shape index (κ3) is 4.25. The Kier molecular flexibility index (Phi) is 5.94. The predicted octanol–water partition coefficient (Wildman–Crippen LogP) is 1.48. The molecule has 3 amide bonds. The van der Waals surface area contributed by atoms with E-state index < -0.39 is 0 Å². The number of hydrogen-bond donors (Lipinski definition) is 1. The van der Waals surface area contributed by atoms with Gasteiger partial charge in [0.1, 0.15) is 6.33 Å². The van der Waals surface area contributed by atoms with Gasteiger partial charge in [0.25, 0.3) is 5.24 Å². The number of hydrogen-bond acceptors (Lipinski definition) is 7. The molecule has 8 nitrogen and oxygen atoms in total. The molecule has 10 heteroatoms. The van der Waals surface area contributed by atoms with Crippen molar-refractivity contribution in [2.24, 2.45) is 0 Å². The number of thioether (sulfide) groups is 2. The Bertz CT molecular complexity index is 823. The van der Waals surface area contributed by atoms with E-state index in [1.54, 1.807) is 6.33 Å². The lowest BCUT2D eigenvalue weighted by Crippen LogP contribution is -2.38. The zero-order chi connectivity index (χ0) is 18.5. The molecule has 1 aliphatic rings. The van der Waals surface area contributed by atoms with Crippen LogP contribution in [0.25, 0.3) is 5.69 Å². The summed E-state index contributed by atoms with van der Waals surface area (Å²) in [6, 6.07) is 7.85. The maximum Gasteiger partial charge on any atom is 0.288 e. The van der Waals surface area contributed by atoms with Gasteiger partial charge in [0, 0.05) is 13.1 Å². The van der Waals surface area contributed by atoms with Crippen molar-refractivity contribution < 1.29 is 14.4 Å². The van der Waals surface area contributed by atoms with Gasteiger partial charge >= 0.3 is 0 Å². The molecular formula is C16H17N5O3S2. The summed E-state index contributed by atoms with van der Waals surface area (Å²) in [5, 5.41) is 11.1. The van der Waals surface area contributed by atoms with Gasteiger partial charge in [-0.3, -0.25) is 23.9 Å². The minimum absolute atomic E-state index is 0.168. The quantitative estimate of drug-likeness (QED) is 0.714. The first-order valence-corrected chi connectivity index (χ1v) is 9.86. The highest BCUT2D eigenvalue weighted by atomic mass is 32.2. The van der Waals surface area contributed by atoms with Gasteiger partial charge in [-0.15, -0.1) is 10.2 Å². The monoisotopic (exact) mass is 391 g/mol. The molecule has 2 aromatic rings. The van der Waals surface area contributed by atoms with Gasteiger partial charge in [-0.1, -0.05) is 41.7 Å². The first-order valence-electron chi connectivity index (χ1n) is 7.89. The number of para-hydroxylation sites is 1. The lowest BCUT2D eigenvalue weighted by atomic mass is 10.2. The topological polar surface area (TPSA) is 97.2 Å². The van der Waals surface area contributed by atoms with E-state index in [0.717, 1.165) is 27.9 Å². The summed E-state index contributed by atoms with van der Waals surface area (Å²) in [5.41, 5.74) is 2.04. The van der Waals surface area contributed by atoms with Gasteiger partial charge in [0.05, 0.1) is 17.2 Å². The highest BCUT2D eigenvalue weighted by Gasteiger charge is 2.29. The first kappa shape index (κ1) is 18.5. The summed E-state index contributed by atoms with van der Waals surface area (Å²) < 4.78 is 1.84. The van der Waals surface area contributed by atoms with Crippen molar-refractivity contribution in [2.45, 2.75) is 12.1 Å². The van der Waals surface area contributed by atoms with E-state index in [1.807, 2.05) is 35.8 Å². The van der Waals surface area contributed by atoms with Crippen LogP contribution in [0.3, 0.4) is 0 Å². The molecule has 0 spiro atoms. The van der Waals surface area contributed by atoms with Crippen LogP contribution in [0, 0.1) is 6.92 Å². The Hall–Kier alpha value is -2.33. The molecule has 3 rings (SSSR count). The molecule has 0 atom stereocenters. The third-order valence-electron chi connectivity index (χ3n) is 3.72. The maximum atomic E-state index is 12.0. The third-order valence-corrected chi connectivity index (χ3v) is 5.52. The Morgan fingerprint density at radius 3 is 2.88 bits per heavy atom. The maximum absolute atomic E-state index is 12.0. The number of aryl methyl sites for hydroxylation is 1. The molecule has 0 bridgehead atoms. The van der Waals surface area contributed by atoms with Crippen LogP contribution in [0.5, 0.6) is 0 Å². The molecule has 1 aromatic heterocycles. The van der Waals surface area contributed by atoms with E-state index in [2.05, 4.69) is 15.5 Å². The van der Waals surface area contributed by atoms with Crippen LogP contribution in [0.2, 0.25) is 0 Å². The van der Waals surface area contributed by atoms with Crippen LogP contribution in [0.4, 0.5) is 4.79 Å². The molecule has 136 valence electrons. The molecule has 0 aliphatic carbocycles. The summed E-state index contributed by atoms with van der Waals surface area (Å²) in [4.78, 5) is 36.1. The first-order chi connectivity index (χ1) is 12.6. The number of nitrogens with one attached hydrogen (secondary N) is 1. The number of benzene rings is 1. The molecule has 0 saturated carbocycles. The van der Waals surface area contributed by atoms with Gasteiger partial charge in [0.2, 0.25) is 11.8 Å². The Labute approximate surface area is 158 Å². The number of imide groups is 1. The number of rotatable bonds is 7. The second-order valence-corrected chi connectivity index (χ2v) is 7.38. The van der Waals surface area contributed by atoms with E-state index in [-0.39, 0.29) is 41.6 Å². The van der Waals surface area contributed by atoms with Crippen LogP contribution < -0.4 is 5.32 Å². The SMILES string of the molecule is Cc1ccccc1-n1cnnc1SCC(=O)NCCN1C(=O)CSC1=O. The van der Waals surface area contributed by atoms with E-state index in [1.165, 1.54) is 11.8 Å². The average molecular weight is 391 g/mol. The summed E-state index contributed by atoms with van der Waals surface area (Å²) in [6.07, 6.45) is 1.62. The van der Waals surface area contributed by atoms with E-state index >= 15 is 0 Å². The molecule has 0 unspecified atom stereocenters. The molecular weight excluding hydrogens is 374 g/mol. The second kappa shape index (κ2) is 8.37. The summed E-state index contributed by atoms with van der Waals surface area (Å²) >= 11 is 2.26. The largest absolute Gasteiger partial charge is 0.354 e. The van der Waals surface area contributed by atoms with Crippen LogP contribution in [0.15, 0.2) is 35.7 Å². The molecule has 1 saturated heterocycles.